The van der Waals surface area contributed by atoms with E-state index in [0.29, 0.717) is 6.61 Å². The first kappa shape index (κ1) is 15.6. The molecular formula is C17H24N2O2. The van der Waals surface area contributed by atoms with E-state index in [9.17, 15) is 4.79 Å². The lowest BCUT2D eigenvalue weighted by Crippen LogP contribution is -2.32. The summed E-state index contributed by atoms with van der Waals surface area (Å²) in [7, 11) is 0. The summed E-state index contributed by atoms with van der Waals surface area (Å²) in [4.78, 5) is 14.1. The summed E-state index contributed by atoms with van der Waals surface area (Å²) in [5.41, 5.74) is 0.951. The van der Waals surface area contributed by atoms with Gasteiger partial charge in [0.05, 0.1) is 6.61 Å². The first-order valence-corrected chi connectivity index (χ1v) is 7.71. The molecular weight excluding hydrogens is 264 g/mol. The molecule has 2 rings (SSSR count). The highest BCUT2D eigenvalue weighted by Gasteiger charge is 2.12. The monoisotopic (exact) mass is 288 g/mol. The minimum absolute atomic E-state index is 0.0731. The maximum atomic E-state index is 12.2. The van der Waals surface area contributed by atoms with E-state index in [-0.39, 0.29) is 5.91 Å². The van der Waals surface area contributed by atoms with Crippen LogP contribution in [-0.2, 0) is 4.79 Å². The van der Waals surface area contributed by atoms with Gasteiger partial charge in [0, 0.05) is 31.3 Å². The number of benzene rings is 1. The number of nitrogens with one attached hydrogen (secondary N) is 1. The summed E-state index contributed by atoms with van der Waals surface area (Å²) in [6, 6.07) is 7.82. The molecule has 1 fully saturated rings. The van der Waals surface area contributed by atoms with Crippen LogP contribution in [0.2, 0.25) is 0 Å². The standard InChI is InChI=1S/C17H24N2O2/c1-2-14-21-16-7-4-3-6-15(16)8-9-17(20)19-12-5-10-18-11-13-19/h3-4,6-9,18H,2,5,10-14H2,1H3/b9-8+. The van der Waals surface area contributed by atoms with Gasteiger partial charge in [-0.25, -0.2) is 0 Å². The van der Waals surface area contributed by atoms with Crippen molar-refractivity contribution in [3.05, 3.63) is 35.9 Å². The number of hydrogen-bond acceptors (Lipinski definition) is 3. The number of para-hydroxylation sites is 1. The van der Waals surface area contributed by atoms with Gasteiger partial charge in [-0.15, -0.1) is 0 Å². The minimum Gasteiger partial charge on any atom is -0.493 e. The molecule has 0 aliphatic carbocycles. The van der Waals surface area contributed by atoms with Crippen LogP contribution in [0.15, 0.2) is 30.3 Å². The highest BCUT2D eigenvalue weighted by atomic mass is 16.5. The maximum Gasteiger partial charge on any atom is 0.246 e. The third-order valence-corrected chi connectivity index (χ3v) is 3.44. The molecule has 0 aromatic heterocycles. The lowest BCUT2D eigenvalue weighted by Gasteiger charge is -2.17. The number of ether oxygens (including phenoxy) is 1. The Morgan fingerprint density at radius 1 is 1.33 bits per heavy atom. The smallest absolute Gasteiger partial charge is 0.246 e. The van der Waals surface area contributed by atoms with Crippen LogP contribution in [0.5, 0.6) is 5.75 Å². The number of carbonyl (C=O) groups is 1. The predicted octanol–water partition coefficient (Wildman–Crippen LogP) is 2.31. The van der Waals surface area contributed by atoms with Gasteiger partial charge >= 0.3 is 0 Å². The molecule has 0 bridgehead atoms. The van der Waals surface area contributed by atoms with Gasteiger partial charge in [-0.2, -0.15) is 0 Å². The van der Waals surface area contributed by atoms with Crippen molar-refractivity contribution in [1.82, 2.24) is 10.2 Å². The molecule has 0 saturated carbocycles. The number of carbonyl (C=O) groups excluding carboxylic acids is 1. The Balaban J connectivity index is 2.00. The number of hydrogen-bond donors (Lipinski definition) is 1. The third kappa shape index (κ3) is 4.90. The van der Waals surface area contributed by atoms with Gasteiger partial charge in [0.25, 0.3) is 0 Å². The van der Waals surface area contributed by atoms with Crippen molar-refractivity contribution < 1.29 is 9.53 Å². The average molecular weight is 288 g/mol. The highest BCUT2D eigenvalue weighted by molar-refractivity contribution is 5.92. The first-order chi connectivity index (χ1) is 10.3. The zero-order valence-corrected chi connectivity index (χ0v) is 12.7. The van der Waals surface area contributed by atoms with E-state index in [2.05, 4.69) is 12.2 Å². The van der Waals surface area contributed by atoms with Gasteiger partial charge in [0.1, 0.15) is 5.75 Å². The molecule has 0 atom stereocenters. The van der Waals surface area contributed by atoms with Crippen LogP contribution in [0.4, 0.5) is 0 Å². The molecule has 4 nitrogen and oxygen atoms in total. The van der Waals surface area contributed by atoms with Crippen molar-refractivity contribution in [2.75, 3.05) is 32.8 Å². The molecule has 1 aromatic rings. The quantitative estimate of drug-likeness (QED) is 0.845. The second kappa shape index (κ2) is 8.47. The summed E-state index contributed by atoms with van der Waals surface area (Å²) in [5.74, 6) is 0.907. The van der Waals surface area contributed by atoms with Crippen LogP contribution in [0.25, 0.3) is 6.08 Å². The Morgan fingerprint density at radius 3 is 3.05 bits per heavy atom. The van der Waals surface area contributed by atoms with E-state index in [1.807, 2.05) is 35.2 Å². The molecule has 1 aliphatic rings. The molecule has 1 aliphatic heterocycles. The molecule has 4 heteroatoms. The summed E-state index contributed by atoms with van der Waals surface area (Å²) in [5, 5.41) is 3.30. The van der Waals surface area contributed by atoms with Crippen LogP contribution < -0.4 is 10.1 Å². The van der Waals surface area contributed by atoms with Crippen LogP contribution in [-0.4, -0.2) is 43.6 Å². The Labute approximate surface area is 126 Å². The Bertz CT molecular complexity index is 477. The summed E-state index contributed by atoms with van der Waals surface area (Å²) in [6.07, 6.45) is 5.48. The van der Waals surface area contributed by atoms with E-state index in [4.69, 9.17) is 4.74 Å². The van der Waals surface area contributed by atoms with Gasteiger partial charge in [0.2, 0.25) is 5.91 Å². The summed E-state index contributed by atoms with van der Waals surface area (Å²) in [6.45, 7) is 6.23. The van der Waals surface area contributed by atoms with Crippen molar-refractivity contribution in [3.63, 3.8) is 0 Å². The largest absolute Gasteiger partial charge is 0.493 e. The summed E-state index contributed by atoms with van der Waals surface area (Å²) >= 11 is 0. The molecule has 1 heterocycles. The van der Waals surface area contributed by atoms with Gasteiger partial charge in [-0.05, 0) is 31.5 Å². The zero-order valence-electron chi connectivity index (χ0n) is 12.7. The van der Waals surface area contributed by atoms with Crippen molar-refractivity contribution in [2.24, 2.45) is 0 Å². The van der Waals surface area contributed by atoms with E-state index < -0.39 is 0 Å². The highest BCUT2D eigenvalue weighted by Crippen LogP contribution is 2.19. The maximum absolute atomic E-state index is 12.2. The van der Waals surface area contributed by atoms with E-state index in [1.165, 1.54) is 0 Å². The molecule has 21 heavy (non-hydrogen) atoms. The number of nitrogens with zero attached hydrogens (tertiary/aromatic N) is 1. The van der Waals surface area contributed by atoms with Crippen LogP contribution in [0.1, 0.15) is 25.3 Å². The number of amides is 1. The van der Waals surface area contributed by atoms with Crippen molar-refractivity contribution in [1.29, 1.82) is 0 Å². The molecule has 1 saturated heterocycles. The van der Waals surface area contributed by atoms with Crippen LogP contribution >= 0.6 is 0 Å². The fraction of sp³-hybridized carbons (Fsp3) is 0.471. The second-order valence-electron chi connectivity index (χ2n) is 5.15. The lowest BCUT2D eigenvalue weighted by atomic mass is 10.2. The molecule has 0 radical (unpaired) electrons. The fourth-order valence-corrected chi connectivity index (χ4v) is 2.29. The van der Waals surface area contributed by atoms with Crippen LogP contribution in [0, 0.1) is 0 Å². The zero-order chi connectivity index (χ0) is 14.9. The lowest BCUT2D eigenvalue weighted by molar-refractivity contribution is -0.125. The van der Waals surface area contributed by atoms with Gasteiger partial charge < -0.3 is 15.0 Å². The molecule has 1 N–H and O–H groups in total. The minimum atomic E-state index is 0.0731. The topological polar surface area (TPSA) is 41.6 Å². The van der Waals surface area contributed by atoms with Gasteiger partial charge in [0.15, 0.2) is 0 Å². The molecule has 1 amide bonds. The van der Waals surface area contributed by atoms with Crippen molar-refractivity contribution >= 4 is 12.0 Å². The first-order valence-electron chi connectivity index (χ1n) is 7.71. The van der Waals surface area contributed by atoms with Gasteiger partial charge in [-0.1, -0.05) is 25.1 Å². The van der Waals surface area contributed by atoms with Crippen molar-refractivity contribution in [3.8, 4) is 5.75 Å². The molecule has 0 unspecified atom stereocenters. The average Bonchev–Trinajstić information content (AvgIpc) is 2.80. The van der Waals surface area contributed by atoms with Crippen molar-refractivity contribution in [2.45, 2.75) is 19.8 Å². The molecule has 0 spiro atoms. The van der Waals surface area contributed by atoms with E-state index >= 15 is 0 Å². The van der Waals surface area contributed by atoms with Gasteiger partial charge in [-0.3, -0.25) is 4.79 Å². The SMILES string of the molecule is CCCOc1ccccc1/C=C/C(=O)N1CCCNCC1. The van der Waals surface area contributed by atoms with Crippen LogP contribution in [0.3, 0.4) is 0 Å². The fourth-order valence-electron chi connectivity index (χ4n) is 2.29. The number of rotatable bonds is 5. The molecule has 114 valence electrons. The normalized spacial score (nSPS) is 16.0. The Kier molecular flexibility index (Phi) is 6.28. The Hall–Kier alpha value is -1.81. The van der Waals surface area contributed by atoms with E-state index in [0.717, 1.165) is 50.3 Å². The summed E-state index contributed by atoms with van der Waals surface area (Å²) < 4.78 is 5.70. The third-order valence-electron chi connectivity index (χ3n) is 3.44. The molecule has 1 aromatic carbocycles. The van der Waals surface area contributed by atoms with E-state index in [1.54, 1.807) is 6.08 Å². The second-order valence-corrected chi connectivity index (χ2v) is 5.15. The Morgan fingerprint density at radius 2 is 2.19 bits per heavy atom. The predicted molar refractivity (Wildman–Crippen MR) is 85.3 cm³/mol.